The molecule has 1 aliphatic heterocycles. The summed E-state index contributed by atoms with van der Waals surface area (Å²) in [5, 5.41) is 6.63. The van der Waals surface area contributed by atoms with Gasteiger partial charge in [-0.3, -0.25) is 4.79 Å². The van der Waals surface area contributed by atoms with Gasteiger partial charge in [-0.15, -0.1) is 0 Å². The van der Waals surface area contributed by atoms with Crippen LogP contribution in [-0.4, -0.2) is 59.7 Å². The third-order valence-electron chi connectivity index (χ3n) is 5.00. The zero-order valence-electron chi connectivity index (χ0n) is 18.2. The van der Waals surface area contributed by atoms with Gasteiger partial charge in [0.2, 0.25) is 0 Å². The maximum absolute atomic E-state index is 12.8. The van der Waals surface area contributed by atoms with E-state index in [1.165, 1.54) is 0 Å². The van der Waals surface area contributed by atoms with Gasteiger partial charge >= 0.3 is 0 Å². The van der Waals surface area contributed by atoms with Gasteiger partial charge in [-0.05, 0) is 50.6 Å². The average Bonchev–Trinajstić information content (AvgIpc) is 3.25. The summed E-state index contributed by atoms with van der Waals surface area (Å²) in [4.78, 5) is 19.3. The van der Waals surface area contributed by atoms with Crippen molar-refractivity contribution < 1.29 is 9.53 Å². The van der Waals surface area contributed by atoms with Crippen LogP contribution < -0.4 is 10.6 Å². The van der Waals surface area contributed by atoms with Crippen molar-refractivity contribution in [2.24, 2.45) is 4.99 Å². The molecule has 2 unspecified atom stereocenters. The van der Waals surface area contributed by atoms with Gasteiger partial charge in [0.15, 0.2) is 5.96 Å². The second kappa shape index (κ2) is 10.8. The van der Waals surface area contributed by atoms with Crippen LogP contribution in [-0.2, 0) is 17.8 Å². The molecule has 0 bridgehead atoms. The van der Waals surface area contributed by atoms with E-state index >= 15 is 0 Å². The van der Waals surface area contributed by atoms with Crippen LogP contribution in [0.5, 0.6) is 0 Å². The van der Waals surface area contributed by atoms with E-state index in [9.17, 15) is 4.79 Å². The van der Waals surface area contributed by atoms with Crippen molar-refractivity contribution in [3.8, 4) is 0 Å². The fraction of sp³-hybridized carbons (Fsp3) is 0.478. The number of carbonyl (C=O) groups excluding carboxylic acids is 1. The number of guanidine groups is 1. The Morgan fingerprint density at radius 1 is 1.10 bits per heavy atom. The number of hydrogen-bond acceptors (Lipinski definition) is 3. The lowest BCUT2D eigenvalue weighted by Gasteiger charge is -2.35. The molecule has 30 heavy (non-hydrogen) atoms. The second-order valence-electron chi connectivity index (χ2n) is 7.71. The van der Waals surface area contributed by atoms with Crippen molar-refractivity contribution in [1.82, 2.24) is 20.1 Å². The molecule has 1 aromatic carbocycles. The highest BCUT2D eigenvalue weighted by Gasteiger charge is 2.26. The van der Waals surface area contributed by atoms with Crippen molar-refractivity contribution in [2.75, 3.05) is 26.2 Å². The summed E-state index contributed by atoms with van der Waals surface area (Å²) < 4.78 is 7.85. The molecular formula is C23H33N5O2. The first kappa shape index (κ1) is 21.9. The lowest BCUT2D eigenvalue weighted by atomic mass is 10.1. The van der Waals surface area contributed by atoms with Gasteiger partial charge in [-0.1, -0.05) is 12.1 Å². The standard InChI is InChI=1S/C23H33N5O2/c1-4-24-23(25-11-14-27-12-5-6-13-27)26-15-20-7-9-21(10-8-20)22(29)28-16-18(2)30-19(3)17-28/h5-10,12-13,18-19H,4,11,14-17H2,1-3H3,(H2,24,25,26). The maximum Gasteiger partial charge on any atom is 0.254 e. The lowest BCUT2D eigenvalue weighted by Crippen LogP contribution is -2.48. The molecule has 2 atom stereocenters. The second-order valence-corrected chi connectivity index (χ2v) is 7.71. The van der Waals surface area contributed by atoms with Gasteiger partial charge in [0.25, 0.3) is 5.91 Å². The van der Waals surface area contributed by atoms with E-state index in [4.69, 9.17) is 4.74 Å². The largest absolute Gasteiger partial charge is 0.372 e. The third kappa shape index (κ3) is 6.35. The number of nitrogens with zero attached hydrogens (tertiary/aromatic N) is 3. The maximum atomic E-state index is 12.8. The zero-order chi connectivity index (χ0) is 21.3. The van der Waals surface area contributed by atoms with Crippen LogP contribution in [0, 0.1) is 0 Å². The minimum atomic E-state index is 0.0621. The Bertz CT molecular complexity index is 807. The molecule has 3 rings (SSSR count). The molecule has 162 valence electrons. The van der Waals surface area contributed by atoms with Crippen molar-refractivity contribution in [3.63, 3.8) is 0 Å². The molecule has 1 fully saturated rings. The molecule has 2 heterocycles. The van der Waals surface area contributed by atoms with Gasteiger partial charge in [0.1, 0.15) is 0 Å². The predicted molar refractivity (Wildman–Crippen MR) is 120 cm³/mol. The van der Waals surface area contributed by atoms with E-state index in [0.717, 1.165) is 31.2 Å². The molecule has 1 aliphatic rings. The van der Waals surface area contributed by atoms with Crippen LogP contribution in [0.3, 0.4) is 0 Å². The van der Waals surface area contributed by atoms with E-state index in [2.05, 4.69) is 27.1 Å². The normalized spacial score (nSPS) is 19.6. The van der Waals surface area contributed by atoms with Crippen molar-refractivity contribution in [3.05, 3.63) is 59.9 Å². The molecule has 0 aliphatic carbocycles. The first-order chi connectivity index (χ1) is 14.5. The van der Waals surface area contributed by atoms with Gasteiger partial charge in [-0.25, -0.2) is 4.99 Å². The first-order valence-corrected chi connectivity index (χ1v) is 10.7. The highest BCUT2D eigenvalue weighted by molar-refractivity contribution is 5.94. The van der Waals surface area contributed by atoms with E-state index in [0.29, 0.717) is 25.2 Å². The van der Waals surface area contributed by atoms with Crippen LogP contribution in [0.2, 0.25) is 0 Å². The Hall–Kier alpha value is -2.80. The monoisotopic (exact) mass is 411 g/mol. The summed E-state index contributed by atoms with van der Waals surface area (Å²) in [6.45, 7) is 10.4. The summed E-state index contributed by atoms with van der Waals surface area (Å²) in [5.74, 6) is 0.855. The number of hydrogen-bond donors (Lipinski definition) is 2. The number of amides is 1. The smallest absolute Gasteiger partial charge is 0.254 e. The fourth-order valence-electron chi connectivity index (χ4n) is 3.61. The molecule has 2 N–H and O–H groups in total. The Balaban J connectivity index is 1.54. The van der Waals surface area contributed by atoms with Gasteiger partial charge in [0.05, 0.1) is 18.8 Å². The van der Waals surface area contributed by atoms with Crippen LogP contribution in [0.1, 0.15) is 36.7 Å². The SMILES string of the molecule is CCNC(=NCc1ccc(C(=O)N2CC(C)OC(C)C2)cc1)NCCn1cccc1. The predicted octanol–water partition coefficient (Wildman–Crippen LogP) is 2.49. The number of aliphatic imine (C=N–C) groups is 1. The topological polar surface area (TPSA) is 70.9 Å². The quantitative estimate of drug-likeness (QED) is 0.543. The van der Waals surface area contributed by atoms with Crippen molar-refractivity contribution in [1.29, 1.82) is 0 Å². The summed E-state index contributed by atoms with van der Waals surface area (Å²) in [6, 6.07) is 11.8. The van der Waals surface area contributed by atoms with E-state index in [1.54, 1.807) is 0 Å². The Morgan fingerprint density at radius 2 is 1.77 bits per heavy atom. The minimum Gasteiger partial charge on any atom is -0.372 e. The number of morpholine rings is 1. The molecule has 1 aromatic heterocycles. The van der Waals surface area contributed by atoms with Crippen LogP contribution >= 0.6 is 0 Å². The summed E-state index contributed by atoms with van der Waals surface area (Å²) in [7, 11) is 0. The number of benzene rings is 1. The number of rotatable bonds is 7. The molecule has 1 amide bonds. The van der Waals surface area contributed by atoms with Crippen LogP contribution in [0.25, 0.3) is 0 Å². The van der Waals surface area contributed by atoms with E-state index < -0.39 is 0 Å². The highest BCUT2D eigenvalue weighted by Crippen LogP contribution is 2.15. The third-order valence-corrected chi connectivity index (χ3v) is 5.00. The van der Waals surface area contributed by atoms with Crippen LogP contribution in [0.4, 0.5) is 0 Å². The van der Waals surface area contributed by atoms with E-state index in [-0.39, 0.29) is 18.1 Å². The first-order valence-electron chi connectivity index (χ1n) is 10.7. The molecule has 0 saturated carbocycles. The van der Waals surface area contributed by atoms with Gasteiger partial charge < -0.3 is 24.8 Å². The molecule has 1 saturated heterocycles. The summed E-state index contributed by atoms with van der Waals surface area (Å²) >= 11 is 0. The molecular weight excluding hydrogens is 378 g/mol. The molecule has 2 aromatic rings. The highest BCUT2D eigenvalue weighted by atomic mass is 16.5. The summed E-state index contributed by atoms with van der Waals surface area (Å²) in [5.41, 5.74) is 1.78. The minimum absolute atomic E-state index is 0.0621. The lowest BCUT2D eigenvalue weighted by molar-refractivity contribution is -0.0586. The molecule has 0 radical (unpaired) electrons. The van der Waals surface area contributed by atoms with Crippen molar-refractivity contribution >= 4 is 11.9 Å². The zero-order valence-corrected chi connectivity index (χ0v) is 18.2. The van der Waals surface area contributed by atoms with Gasteiger partial charge in [0, 0.05) is 50.7 Å². The molecule has 0 spiro atoms. The average molecular weight is 412 g/mol. The number of nitrogens with one attached hydrogen (secondary N) is 2. The van der Waals surface area contributed by atoms with E-state index in [1.807, 2.05) is 67.5 Å². The fourth-order valence-corrected chi connectivity index (χ4v) is 3.61. The molecule has 7 nitrogen and oxygen atoms in total. The Morgan fingerprint density at radius 3 is 2.40 bits per heavy atom. The number of ether oxygens (including phenoxy) is 1. The van der Waals surface area contributed by atoms with Crippen LogP contribution in [0.15, 0.2) is 53.8 Å². The number of carbonyl (C=O) groups is 1. The molecule has 7 heteroatoms. The number of aromatic nitrogens is 1. The Labute approximate surface area is 179 Å². The van der Waals surface area contributed by atoms with Crippen molar-refractivity contribution in [2.45, 2.75) is 46.1 Å². The Kier molecular flexibility index (Phi) is 7.90. The summed E-state index contributed by atoms with van der Waals surface area (Å²) in [6.07, 6.45) is 4.24. The van der Waals surface area contributed by atoms with Gasteiger partial charge in [-0.2, -0.15) is 0 Å².